The molecule has 0 aliphatic carbocycles. The molecule has 0 aliphatic rings. The Morgan fingerprint density at radius 1 is 1.17 bits per heavy atom. The van der Waals surface area contributed by atoms with Crippen LogP contribution in [0.2, 0.25) is 0 Å². The number of halogens is 1. The standard InChI is InChI=1S/C21H27N5O2.HI/c1-3-14-6-5-7-17-15(12-25-19(14)17)10-11-24-21(23-4-2)26-13-16-8-9-18(28-16)20(22)27;/h5-9,12,25H,3-4,10-11,13H2,1-2H3,(H2,22,27)(H2,23,24,26);1H. The first kappa shape index (κ1) is 22.8. The summed E-state index contributed by atoms with van der Waals surface area (Å²) >= 11 is 0. The molecule has 29 heavy (non-hydrogen) atoms. The lowest BCUT2D eigenvalue weighted by atomic mass is 10.1. The molecule has 0 spiro atoms. The third-order valence-corrected chi connectivity index (χ3v) is 4.60. The third kappa shape index (κ3) is 5.75. The van der Waals surface area contributed by atoms with Gasteiger partial charge in [-0.05, 0) is 43.0 Å². The summed E-state index contributed by atoms with van der Waals surface area (Å²) in [5.74, 6) is 0.863. The number of primary amides is 1. The van der Waals surface area contributed by atoms with Gasteiger partial charge in [0, 0.05) is 30.2 Å². The lowest BCUT2D eigenvalue weighted by Crippen LogP contribution is -2.38. The van der Waals surface area contributed by atoms with Crippen LogP contribution in [0.4, 0.5) is 0 Å². The second-order valence-electron chi connectivity index (χ2n) is 6.51. The van der Waals surface area contributed by atoms with Gasteiger partial charge in [-0.1, -0.05) is 25.1 Å². The van der Waals surface area contributed by atoms with Crippen LogP contribution in [-0.4, -0.2) is 29.9 Å². The minimum atomic E-state index is -0.578. The lowest BCUT2D eigenvalue weighted by molar-refractivity contribution is 0.0972. The number of hydrogen-bond donors (Lipinski definition) is 4. The van der Waals surface area contributed by atoms with E-state index in [1.54, 1.807) is 12.1 Å². The zero-order valence-corrected chi connectivity index (χ0v) is 19.1. The Balaban J connectivity index is 0.00000300. The molecule has 0 bridgehead atoms. The van der Waals surface area contributed by atoms with Crippen molar-refractivity contribution in [2.24, 2.45) is 10.7 Å². The molecule has 3 rings (SSSR count). The van der Waals surface area contributed by atoms with Gasteiger partial charge in [-0.3, -0.25) is 4.79 Å². The second kappa shape index (κ2) is 10.9. The molecule has 0 saturated heterocycles. The van der Waals surface area contributed by atoms with E-state index >= 15 is 0 Å². The number of rotatable bonds is 8. The van der Waals surface area contributed by atoms with Crippen molar-refractivity contribution in [3.8, 4) is 0 Å². The lowest BCUT2D eigenvalue weighted by Gasteiger charge is -2.10. The number of aliphatic imine (C=N–C) groups is 1. The summed E-state index contributed by atoms with van der Waals surface area (Å²) in [4.78, 5) is 19.0. The number of carbonyl (C=O) groups is 1. The second-order valence-corrected chi connectivity index (χ2v) is 6.51. The number of H-pyrrole nitrogens is 1. The maximum Gasteiger partial charge on any atom is 0.284 e. The van der Waals surface area contributed by atoms with Crippen LogP contribution in [-0.2, 0) is 19.4 Å². The van der Waals surface area contributed by atoms with Crippen molar-refractivity contribution in [1.82, 2.24) is 15.6 Å². The first-order chi connectivity index (χ1) is 13.6. The third-order valence-electron chi connectivity index (χ3n) is 4.60. The topological polar surface area (TPSA) is 108 Å². The van der Waals surface area contributed by atoms with Crippen molar-refractivity contribution >= 4 is 46.7 Å². The van der Waals surface area contributed by atoms with Gasteiger partial charge in [-0.25, -0.2) is 4.99 Å². The predicted molar refractivity (Wildman–Crippen MR) is 127 cm³/mol. The maximum atomic E-state index is 11.1. The van der Waals surface area contributed by atoms with Gasteiger partial charge in [-0.2, -0.15) is 0 Å². The fourth-order valence-electron chi connectivity index (χ4n) is 3.19. The van der Waals surface area contributed by atoms with Crippen molar-refractivity contribution in [1.29, 1.82) is 0 Å². The van der Waals surface area contributed by atoms with Crippen molar-refractivity contribution < 1.29 is 9.21 Å². The van der Waals surface area contributed by atoms with E-state index in [4.69, 9.17) is 10.2 Å². The zero-order valence-electron chi connectivity index (χ0n) is 16.7. The van der Waals surface area contributed by atoms with Gasteiger partial charge in [0.1, 0.15) is 12.3 Å². The highest BCUT2D eigenvalue weighted by molar-refractivity contribution is 14.0. The number of guanidine groups is 1. The highest BCUT2D eigenvalue weighted by Crippen LogP contribution is 2.22. The van der Waals surface area contributed by atoms with E-state index in [1.165, 1.54) is 22.0 Å². The quantitative estimate of drug-likeness (QED) is 0.212. The normalized spacial score (nSPS) is 11.3. The molecule has 0 unspecified atom stereocenters. The minimum Gasteiger partial charge on any atom is -0.454 e. The van der Waals surface area contributed by atoms with Crippen LogP contribution < -0.4 is 16.4 Å². The Labute approximate surface area is 187 Å². The fourth-order valence-corrected chi connectivity index (χ4v) is 3.19. The van der Waals surface area contributed by atoms with Crippen molar-refractivity contribution in [3.63, 3.8) is 0 Å². The van der Waals surface area contributed by atoms with E-state index in [0.29, 0.717) is 18.3 Å². The zero-order chi connectivity index (χ0) is 19.9. The number of nitrogens with zero attached hydrogens (tertiary/aromatic N) is 1. The summed E-state index contributed by atoms with van der Waals surface area (Å²) in [6.45, 7) is 6.02. The van der Waals surface area contributed by atoms with E-state index < -0.39 is 5.91 Å². The van der Waals surface area contributed by atoms with E-state index in [-0.39, 0.29) is 29.7 Å². The molecular formula is C21H28IN5O2. The number of nitrogens with two attached hydrogens (primary N) is 1. The molecule has 0 atom stereocenters. The summed E-state index contributed by atoms with van der Waals surface area (Å²) in [6, 6.07) is 9.71. The van der Waals surface area contributed by atoms with E-state index in [9.17, 15) is 4.79 Å². The fraction of sp³-hybridized carbons (Fsp3) is 0.333. The number of aromatic nitrogens is 1. The molecular weight excluding hydrogens is 481 g/mol. The van der Waals surface area contributed by atoms with Crippen LogP contribution in [0.1, 0.15) is 41.3 Å². The Bertz CT molecular complexity index is 977. The molecule has 0 radical (unpaired) electrons. The molecule has 0 fully saturated rings. The highest BCUT2D eigenvalue weighted by atomic mass is 127. The van der Waals surface area contributed by atoms with Crippen LogP contribution in [0, 0.1) is 0 Å². The largest absolute Gasteiger partial charge is 0.454 e. The summed E-state index contributed by atoms with van der Waals surface area (Å²) in [7, 11) is 0. The van der Waals surface area contributed by atoms with Crippen molar-refractivity contribution in [2.75, 3.05) is 13.1 Å². The number of nitrogens with one attached hydrogen (secondary N) is 3. The smallest absolute Gasteiger partial charge is 0.284 e. The van der Waals surface area contributed by atoms with Gasteiger partial charge in [0.25, 0.3) is 5.91 Å². The number of benzene rings is 1. The number of furan rings is 1. The van der Waals surface area contributed by atoms with Gasteiger partial charge >= 0.3 is 0 Å². The predicted octanol–water partition coefficient (Wildman–Crippen LogP) is 3.34. The van der Waals surface area contributed by atoms with Gasteiger partial charge < -0.3 is 25.8 Å². The van der Waals surface area contributed by atoms with E-state index in [1.807, 2.05) is 6.92 Å². The number of amides is 1. The molecule has 8 heteroatoms. The summed E-state index contributed by atoms with van der Waals surface area (Å²) in [5.41, 5.74) is 9.05. The number of carbonyl (C=O) groups excluding carboxylic acids is 1. The molecule has 1 amide bonds. The van der Waals surface area contributed by atoms with Crippen molar-refractivity contribution in [2.45, 2.75) is 33.2 Å². The van der Waals surface area contributed by atoms with Gasteiger partial charge in [0.15, 0.2) is 11.7 Å². The number of aromatic amines is 1. The molecule has 2 aromatic heterocycles. The van der Waals surface area contributed by atoms with Gasteiger partial charge in [-0.15, -0.1) is 24.0 Å². The molecule has 0 aliphatic heterocycles. The Hall–Kier alpha value is -2.49. The molecule has 0 saturated carbocycles. The van der Waals surface area contributed by atoms with Crippen LogP contribution in [0.15, 0.2) is 45.9 Å². The van der Waals surface area contributed by atoms with Crippen LogP contribution in [0.25, 0.3) is 10.9 Å². The molecule has 7 nitrogen and oxygen atoms in total. The number of para-hydroxylation sites is 1. The van der Waals surface area contributed by atoms with E-state index in [2.05, 4.69) is 51.9 Å². The Morgan fingerprint density at radius 3 is 2.69 bits per heavy atom. The maximum absolute atomic E-state index is 11.1. The molecule has 5 N–H and O–H groups in total. The molecule has 3 aromatic rings. The Morgan fingerprint density at radius 2 is 2.00 bits per heavy atom. The first-order valence-electron chi connectivity index (χ1n) is 9.60. The summed E-state index contributed by atoms with van der Waals surface area (Å²) < 4.78 is 5.37. The number of aryl methyl sites for hydroxylation is 1. The summed E-state index contributed by atoms with van der Waals surface area (Å²) in [6.07, 6.45) is 3.98. The average Bonchev–Trinajstić information content (AvgIpc) is 3.33. The number of hydrogen-bond acceptors (Lipinski definition) is 3. The SMILES string of the molecule is CCNC(=NCc1ccc(C(N)=O)o1)NCCc1c[nH]c2c(CC)cccc12.I. The number of fused-ring (bicyclic) bond motifs is 1. The highest BCUT2D eigenvalue weighted by Gasteiger charge is 2.08. The first-order valence-corrected chi connectivity index (χ1v) is 9.60. The van der Waals surface area contributed by atoms with E-state index in [0.717, 1.165) is 25.9 Å². The van der Waals surface area contributed by atoms with Gasteiger partial charge in [0.2, 0.25) is 0 Å². The van der Waals surface area contributed by atoms with Crippen LogP contribution in [0.3, 0.4) is 0 Å². The average molecular weight is 509 g/mol. The van der Waals surface area contributed by atoms with Gasteiger partial charge in [0.05, 0.1) is 0 Å². The van der Waals surface area contributed by atoms with Crippen LogP contribution >= 0.6 is 24.0 Å². The monoisotopic (exact) mass is 509 g/mol. The van der Waals surface area contributed by atoms with Crippen LogP contribution in [0.5, 0.6) is 0 Å². The minimum absolute atomic E-state index is 0. The Kier molecular flexibility index (Phi) is 8.56. The molecule has 2 heterocycles. The molecule has 156 valence electrons. The summed E-state index contributed by atoms with van der Waals surface area (Å²) in [5, 5.41) is 7.84. The van der Waals surface area contributed by atoms with Crippen molar-refractivity contribution in [3.05, 3.63) is 59.2 Å². The molecule has 1 aromatic carbocycles.